The number of carbonyl (C=O) groups excluding carboxylic acids is 2. The summed E-state index contributed by atoms with van der Waals surface area (Å²) in [5.41, 5.74) is 0.880. The quantitative estimate of drug-likeness (QED) is 0.396. The van der Waals surface area contributed by atoms with Gasteiger partial charge in [-0.05, 0) is 74.9 Å². The van der Waals surface area contributed by atoms with Crippen LogP contribution in [-0.2, 0) is 26.2 Å². The molecule has 0 fully saturated rings. The summed E-state index contributed by atoms with van der Waals surface area (Å²) in [5.74, 6) is -0.929. The first kappa shape index (κ1) is 28.6. The Morgan fingerprint density at radius 1 is 0.921 bits per heavy atom. The van der Waals surface area contributed by atoms with Gasteiger partial charge in [-0.15, -0.1) is 0 Å². The lowest BCUT2D eigenvalue weighted by atomic mass is 10.1. The lowest BCUT2D eigenvalue weighted by Crippen LogP contribution is -2.52. The van der Waals surface area contributed by atoms with Crippen molar-refractivity contribution in [2.45, 2.75) is 44.3 Å². The second-order valence-corrected chi connectivity index (χ2v) is 10.9. The molecule has 3 rings (SSSR count). The Kier molecular flexibility index (Phi) is 9.46. The Labute approximate surface area is 223 Å². The second kappa shape index (κ2) is 12.6. The van der Waals surface area contributed by atoms with Crippen molar-refractivity contribution in [3.05, 3.63) is 90.2 Å². The van der Waals surface area contributed by atoms with Crippen molar-refractivity contribution in [2.24, 2.45) is 0 Å². The van der Waals surface area contributed by atoms with Crippen LogP contribution in [0, 0.1) is 5.82 Å². The Bertz CT molecular complexity index is 1330. The van der Waals surface area contributed by atoms with Crippen molar-refractivity contribution in [3.63, 3.8) is 0 Å². The van der Waals surface area contributed by atoms with E-state index >= 15 is 0 Å². The number of para-hydroxylation sites is 1. The van der Waals surface area contributed by atoms with Gasteiger partial charge in [-0.1, -0.05) is 30.3 Å². The Hall–Kier alpha value is -3.92. The topological polar surface area (TPSA) is 96.0 Å². The van der Waals surface area contributed by atoms with Gasteiger partial charge in [0.25, 0.3) is 10.0 Å². The van der Waals surface area contributed by atoms with Crippen LogP contribution in [0.5, 0.6) is 5.75 Å². The van der Waals surface area contributed by atoms with E-state index in [9.17, 15) is 22.4 Å². The number of carbonyl (C=O) groups is 2. The number of hydrogen-bond acceptors (Lipinski definition) is 5. The first-order chi connectivity index (χ1) is 18.0. The third kappa shape index (κ3) is 7.10. The fraction of sp³-hybridized carbons (Fsp3) is 0.286. The van der Waals surface area contributed by atoms with Crippen molar-refractivity contribution in [3.8, 4) is 5.75 Å². The largest absolute Gasteiger partial charge is 0.497 e. The van der Waals surface area contributed by atoms with Crippen LogP contribution >= 0.6 is 0 Å². The molecule has 2 amide bonds. The summed E-state index contributed by atoms with van der Waals surface area (Å²) in [6.07, 6.45) is 0. The molecule has 0 aliphatic carbocycles. The SMILES string of the molecule is COc1ccc(S(=O)(=O)N(CC(=O)N(Cc2ccc(F)cc2)C(C)C(=O)NC(C)C)c2ccccc2)cc1. The molecular weight excluding hydrogens is 509 g/mol. The van der Waals surface area contributed by atoms with Crippen LogP contribution < -0.4 is 14.4 Å². The molecule has 0 bridgehead atoms. The van der Waals surface area contributed by atoms with E-state index in [4.69, 9.17) is 4.74 Å². The van der Waals surface area contributed by atoms with E-state index in [1.807, 2.05) is 0 Å². The van der Waals surface area contributed by atoms with Crippen LogP contribution in [0.15, 0.2) is 83.8 Å². The Morgan fingerprint density at radius 2 is 1.53 bits per heavy atom. The monoisotopic (exact) mass is 541 g/mol. The standard InChI is InChI=1S/C28H32FN3O5S/c1-20(2)30-28(34)21(3)31(18-22-10-12-23(29)13-11-22)27(33)19-32(24-8-6-5-7-9-24)38(35,36)26-16-14-25(37-4)15-17-26/h5-17,20-21H,18-19H2,1-4H3,(H,30,34). The highest BCUT2D eigenvalue weighted by molar-refractivity contribution is 7.92. The lowest BCUT2D eigenvalue weighted by Gasteiger charge is -2.32. The lowest BCUT2D eigenvalue weighted by molar-refractivity contribution is -0.139. The first-order valence-electron chi connectivity index (χ1n) is 12.1. The molecule has 0 radical (unpaired) electrons. The molecule has 0 saturated heterocycles. The fourth-order valence-electron chi connectivity index (χ4n) is 3.77. The Balaban J connectivity index is 1.99. The number of nitrogens with zero attached hydrogens (tertiary/aromatic N) is 2. The van der Waals surface area contributed by atoms with Crippen LogP contribution in [-0.4, -0.2) is 50.9 Å². The van der Waals surface area contributed by atoms with Crippen molar-refractivity contribution >= 4 is 27.5 Å². The number of nitrogens with one attached hydrogen (secondary N) is 1. The molecule has 0 aromatic heterocycles. The van der Waals surface area contributed by atoms with Gasteiger partial charge in [-0.3, -0.25) is 13.9 Å². The molecule has 0 aliphatic rings. The maximum atomic E-state index is 13.8. The first-order valence-corrected chi connectivity index (χ1v) is 13.5. The molecule has 0 aliphatic heterocycles. The molecular formula is C28H32FN3O5S. The minimum atomic E-state index is -4.17. The van der Waals surface area contributed by atoms with Gasteiger partial charge >= 0.3 is 0 Å². The third-order valence-electron chi connectivity index (χ3n) is 5.83. The number of benzene rings is 3. The van der Waals surface area contributed by atoms with E-state index in [0.29, 0.717) is 11.3 Å². The van der Waals surface area contributed by atoms with Crippen molar-refractivity contribution in [1.82, 2.24) is 10.2 Å². The predicted molar refractivity (Wildman–Crippen MR) is 144 cm³/mol. The molecule has 10 heteroatoms. The molecule has 0 spiro atoms. The minimum absolute atomic E-state index is 0.0169. The van der Waals surface area contributed by atoms with E-state index in [0.717, 1.165) is 4.31 Å². The zero-order valence-corrected chi connectivity index (χ0v) is 22.6. The summed E-state index contributed by atoms with van der Waals surface area (Å²) in [6.45, 7) is 4.60. The summed E-state index contributed by atoms with van der Waals surface area (Å²) >= 11 is 0. The summed E-state index contributed by atoms with van der Waals surface area (Å²) in [6, 6.07) is 18.6. The predicted octanol–water partition coefficient (Wildman–Crippen LogP) is 3.97. The number of ether oxygens (including phenoxy) is 1. The number of methoxy groups -OCH3 is 1. The average Bonchev–Trinajstić information content (AvgIpc) is 2.90. The van der Waals surface area contributed by atoms with Gasteiger partial charge in [0.2, 0.25) is 11.8 Å². The van der Waals surface area contributed by atoms with Gasteiger partial charge in [0.1, 0.15) is 24.2 Å². The van der Waals surface area contributed by atoms with Crippen molar-refractivity contribution < 1.29 is 27.1 Å². The van der Waals surface area contributed by atoms with Crippen LogP contribution in [0.1, 0.15) is 26.3 Å². The van der Waals surface area contributed by atoms with Gasteiger partial charge in [0, 0.05) is 12.6 Å². The number of anilines is 1. The summed E-state index contributed by atoms with van der Waals surface area (Å²) in [7, 11) is -2.69. The molecule has 0 saturated carbocycles. The molecule has 1 N–H and O–H groups in total. The summed E-state index contributed by atoms with van der Waals surface area (Å²) < 4.78 is 47.1. The van der Waals surface area contributed by atoms with Gasteiger partial charge in [0.15, 0.2) is 0 Å². The highest BCUT2D eigenvalue weighted by Crippen LogP contribution is 2.25. The third-order valence-corrected chi connectivity index (χ3v) is 7.62. The zero-order valence-electron chi connectivity index (χ0n) is 21.8. The molecule has 202 valence electrons. The maximum absolute atomic E-state index is 13.8. The summed E-state index contributed by atoms with van der Waals surface area (Å²) in [4.78, 5) is 27.9. The molecule has 1 unspecified atom stereocenters. The number of hydrogen-bond donors (Lipinski definition) is 1. The highest BCUT2D eigenvalue weighted by Gasteiger charge is 2.32. The number of halogens is 1. The molecule has 38 heavy (non-hydrogen) atoms. The minimum Gasteiger partial charge on any atom is -0.497 e. The zero-order chi connectivity index (χ0) is 27.9. The molecule has 8 nitrogen and oxygen atoms in total. The smallest absolute Gasteiger partial charge is 0.264 e. The number of rotatable bonds is 11. The van der Waals surface area contributed by atoms with Gasteiger partial charge < -0.3 is 15.0 Å². The normalized spacial score (nSPS) is 12.1. The fourth-order valence-corrected chi connectivity index (χ4v) is 5.19. The highest BCUT2D eigenvalue weighted by atomic mass is 32.2. The van der Waals surface area contributed by atoms with E-state index < -0.39 is 34.3 Å². The van der Waals surface area contributed by atoms with E-state index in [-0.39, 0.29) is 29.1 Å². The van der Waals surface area contributed by atoms with Crippen LogP contribution in [0.4, 0.5) is 10.1 Å². The van der Waals surface area contributed by atoms with Gasteiger partial charge in [-0.25, -0.2) is 12.8 Å². The second-order valence-electron chi connectivity index (χ2n) is 9.01. The van der Waals surface area contributed by atoms with E-state index in [1.54, 1.807) is 51.1 Å². The van der Waals surface area contributed by atoms with Crippen molar-refractivity contribution in [2.75, 3.05) is 18.0 Å². The van der Waals surface area contributed by atoms with Crippen LogP contribution in [0.2, 0.25) is 0 Å². The van der Waals surface area contributed by atoms with Gasteiger partial charge in [0.05, 0.1) is 17.7 Å². The van der Waals surface area contributed by atoms with E-state index in [2.05, 4.69) is 5.32 Å². The average molecular weight is 542 g/mol. The van der Waals surface area contributed by atoms with Crippen LogP contribution in [0.3, 0.4) is 0 Å². The van der Waals surface area contributed by atoms with E-state index in [1.165, 1.54) is 60.5 Å². The number of amides is 2. The Morgan fingerprint density at radius 3 is 2.08 bits per heavy atom. The van der Waals surface area contributed by atoms with Gasteiger partial charge in [-0.2, -0.15) is 0 Å². The molecule has 3 aromatic rings. The summed E-state index contributed by atoms with van der Waals surface area (Å²) in [5, 5.41) is 2.79. The van der Waals surface area contributed by atoms with Crippen molar-refractivity contribution in [1.29, 1.82) is 0 Å². The molecule has 3 aromatic carbocycles. The number of sulfonamides is 1. The molecule has 1 atom stereocenters. The van der Waals surface area contributed by atoms with Crippen LogP contribution in [0.25, 0.3) is 0 Å². The maximum Gasteiger partial charge on any atom is 0.264 e. The molecule has 0 heterocycles.